The van der Waals surface area contributed by atoms with Gasteiger partial charge in [0.05, 0.1) is 23.9 Å². The van der Waals surface area contributed by atoms with Crippen molar-refractivity contribution < 1.29 is 17.9 Å². The number of carbonyl (C=O) groups excluding carboxylic acids is 1. The van der Waals surface area contributed by atoms with E-state index >= 15 is 0 Å². The number of ether oxygens (including phenoxy) is 1. The van der Waals surface area contributed by atoms with Crippen molar-refractivity contribution in [2.75, 3.05) is 18.0 Å². The van der Waals surface area contributed by atoms with Crippen molar-refractivity contribution >= 4 is 27.8 Å². The van der Waals surface area contributed by atoms with E-state index in [0.29, 0.717) is 17.4 Å². The van der Waals surface area contributed by atoms with Crippen molar-refractivity contribution in [1.82, 2.24) is 5.43 Å². The van der Waals surface area contributed by atoms with Crippen molar-refractivity contribution in [3.8, 4) is 5.75 Å². The fourth-order valence-corrected chi connectivity index (χ4v) is 4.55. The topological polar surface area (TPSA) is 88.1 Å². The smallest absolute Gasteiger partial charge is 0.264 e. The van der Waals surface area contributed by atoms with E-state index in [1.165, 1.54) is 31.0 Å². The number of nitrogens with one attached hydrogen (secondary N) is 1. The van der Waals surface area contributed by atoms with Crippen LogP contribution in [0.3, 0.4) is 0 Å². The highest BCUT2D eigenvalue weighted by Crippen LogP contribution is 2.26. The van der Waals surface area contributed by atoms with Gasteiger partial charge in [-0.3, -0.25) is 9.10 Å². The third-order valence-corrected chi connectivity index (χ3v) is 6.75. The molecular weight excluding hydrogens is 438 g/mol. The maximum Gasteiger partial charge on any atom is 0.264 e. The lowest BCUT2D eigenvalue weighted by Gasteiger charge is -2.24. The van der Waals surface area contributed by atoms with E-state index in [1.807, 2.05) is 24.3 Å². The summed E-state index contributed by atoms with van der Waals surface area (Å²) in [5.41, 5.74) is 4.75. The van der Waals surface area contributed by atoms with E-state index in [4.69, 9.17) is 4.74 Å². The normalized spacial score (nSPS) is 11.5. The average molecular weight is 466 g/mol. The Labute approximate surface area is 194 Å². The Morgan fingerprint density at radius 2 is 1.73 bits per heavy atom. The van der Waals surface area contributed by atoms with Gasteiger partial charge in [0.1, 0.15) is 12.3 Å². The number of methoxy groups -OCH3 is 1. The quantitative estimate of drug-likeness (QED) is 0.380. The van der Waals surface area contributed by atoms with Crippen LogP contribution in [-0.4, -0.2) is 34.2 Å². The molecule has 3 aromatic carbocycles. The van der Waals surface area contributed by atoms with Gasteiger partial charge in [-0.05, 0) is 41.3 Å². The number of hydrogen-bond donors (Lipinski definition) is 1. The van der Waals surface area contributed by atoms with Crippen LogP contribution in [0.25, 0.3) is 0 Å². The van der Waals surface area contributed by atoms with Crippen molar-refractivity contribution in [1.29, 1.82) is 0 Å². The van der Waals surface area contributed by atoms with Gasteiger partial charge >= 0.3 is 0 Å². The molecular formula is C25H27N3O4S. The summed E-state index contributed by atoms with van der Waals surface area (Å²) in [5, 5.41) is 3.98. The largest absolute Gasteiger partial charge is 0.497 e. The molecule has 0 aliphatic carbocycles. The molecule has 0 fully saturated rings. The molecule has 3 rings (SSSR count). The Balaban J connectivity index is 1.80. The maximum atomic E-state index is 13.3. The second kappa shape index (κ2) is 10.8. The van der Waals surface area contributed by atoms with Gasteiger partial charge in [0.2, 0.25) is 0 Å². The molecule has 0 aliphatic heterocycles. The predicted octanol–water partition coefficient (Wildman–Crippen LogP) is 4.16. The Morgan fingerprint density at radius 3 is 2.36 bits per heavy atom. The first-order chi connectivity index (χ1) is 15.8. The minimum atomic E-state index is -4.00. The van der Waals surface area contributed by atoms with Gasteiger partial charge in [0.15, 0.2) is 0 Å². The molecule has 7 nitrogen and oxygen atoms in total. The standard InChI is InChI=1S/C25H27N3O4S/c1-19(2)21-14-12-20(13-15-21)17-26-27-25(29)18-28(22-8-7-9-23(16-22)32-3)33(30,31)24-10-5-4-6-11-24/h4-17,19H,18H2,1-3H3,(H,27,29)/b26-17-. The number of carbonyl (C=O) groups is 1. The lowest BCUT2D eigenvalue weighted by molar-refractivity contribution is -0.119. The summed E-state index contributed by atoms with van der Waals surface area (Å²) in [5.74, 6) is 0.321. The second-order valence-electron chi connectivity index (χ2n) is 7.64. The van der Waals surface area contributed by atoms with Crippen molar-refractivity contribution in [2.45, 2.75) is 24.7 Å². The molecule has 0 saturated carbocycles. The number of hydrazone groups is 1. The molecule has 0 heterocycles. The van der Waals surface area contributed by atoms with E-state index < -0.39 is 22.5 Å². The molecule has 0 aromatic heterocycles. The summed E-state index contributed by atoms with van der Waals surface area (Å²) in [6.07, 6.45) is 1.52. The first-order valence-corrected chi connectivity index (χ1v) is 11.9. The first kappa shape index (κ1) is 24.0. The molecule has 0 atom stereocenters. The summed E-state index contributed by atoms with van der Waals surface area (Å²) >= 11 is 0. The third-order valence-electron chi connectivity index (χ3n) is 4.97. The summed E-state index contributed by atoms with van der Waals surface area (Å²) in [6.45, 7) is 3.77. The third kappa shape index (κ3) is 6.20. The van der Waals surface area contributed by atoms with Crippen LogP contribution in [0.2, 0.25) is 0 Å². The number of rotatable bonds is 9. The van der Waals surface area contributed by atoms with E-state index in [-0.39, 0.29) is 4.90 Å². The highest BCUT2D eigenvalue weighted by molar-refractivity contribution is 7.92. The average Bonchev–Trinajstić information content (AvgIpc) is 2.83. The zero-order valence-electron chi connectivity index (χ0n) is 18.8. The number of sulfonamides is 1. The molecule has 1 N–H and O–H groups in total. The van der Waals surface area contributed by atoms with Gasteiger partial charge in [-0.2, -0.15) is 5.10 Å². The fourth-order valence-electron chi connectivity index (χ4n) is 3.11. The van der Waals surface area contributed by atoms with Crippen LogP contribution in [0.4, 0.5) is 5.69 Å². The Kier molecular flexibility index (Phi) is 7.84. The maximum absolute atomic E-state index is 13.3. The summed E-state index contributed by atoms with van der Waals surface area (Å²) in [6, 6.07) is 22.3. The zero-order chi connectivity index (χ0) is 23.8. The minimum Gasteiger partial charge on any atom is -0.497 e. The van der Waals surface area contributed by atoms with Crippen LogP contribution in [0.1, 0.15) is 30.9 Å². The first-order valence-electron chi connectivity index (χ1n) is 10.4. The molecule has 0 saturated heterocycles. The van der Waals surface area contributed by atoms with E-state index in [0.717, 1.165) is 9.87 Å². The zero-order valence-corrected chi connectivity index (χ0v) is 19.6. The van der Waals surface area contributed by atoms with Crippen LogP contribution < -0.4 is 14.5 Å². The molecule has 8 heteroatoms. The molecule has 3 aromatic rings. The SMILES string of the molecule is COc1cccc(N(CC(=O)N/N=C\c2ccc(C(C)C)cc2)S(=O)(=O)c2ccccc2)c1. The predicted molar refractivity (Wildman–Crippen MR) is 130 cm³/mol. The summed E-state index contributed by atoms with van der Waals surface area (Å²) in [7, 11) is -2.51. The van der Waals surface area contributed by atoms with Gasteiger partial charge in [-0.25, -0.2) is 13.8 Å². The van der Waals surface area contributed by atoms with Gasteiger partial charge < -0.3 is 4.74 Å². The Bertz CT molecular complexity index is 1210. The number of hydrogen-bond acceptors (Lipinski definition) is 5. The molecule has 0 spiro atoms. The van der Waals surface area contributed by atoms with Crippen LogP contribution in [0, 0.1) is 0 Å². The van der Waals surface area contributed by atoms with Crippen LogP contribution in [0.15, 0.2) is 88.9 Å². The summed E-state index contributed by atoms with van der Waals surface area (Å²) in [4.78, 5) is 12.7. The van der Waals surface area contributed by atoms with Crippen LogP contribution in [-0.2, 0) is 14.8 Å². The van der Waals surface area contributed by atoms with Gasteiger partial charge in [-0.15, -0.1) is 0 Å². The molecule has 0 bridgehead atoms. The van der Waals surface area contributed by atoms with E-state index in [9.17, 15) is 13.2 Å². The highest BCUT2D eigenvalue weighted by Gasteiger charge is 2.27. The molecule has 172 valence electrons. The van der Waals surface area contributed by atoms with Crippen LogP contribution in [0.5, 0.6) is 5.75 Å². The molecule has 33 heavy (non-hydrogen) atoms. The fraction of sp³-hybridized carbons (Fsp3) is 0.200. The van der Waals surface area contributed by atoms with E-state index in [2.05, 4.69) is 24.4 Å². The highest BCUT2D eigenvalue weighted by atomic mass is 32.2. The van der Waals surface area contributed by atoms with Gasteiger partial charge in [0, 0.05) is 6.07 Å². The van der Waals surface area contributed by atoms with Gasteiger partial charge in [-0.1, -0.05) is 62.4 Å². The molecule has 0 radical (unpaired) electrons. The Hall–Kier alpha value is -3.65. The number of benzene rings is 3. The number of amides is 1. The van der Waals surface area contributed by atoms with Crippen molar-refractivity contribution in [3.63, 3.8) is 0 Å². The molecule has 0 unspecified atom stereocenters. The van der Waals surface area contributed by atoms with Gasteiger partial charge in [0.25, 0.3) is 15.9 Å². The van der Waals surface area contributed by atoms with Crippen molar-refractivity contribution in [3.05, 3.63) is 90.0 Å². The van der Waals surface area contributed by atoms with E-state index in [1.54, 1.807) is 42.5 Å². The Morgan fingerprint density at radius 1 is 1.03 bits per heavy atom. The monoisotopic (exact) mass is 465 g/mol. The number of anilines is 1. The second-order valence-corrected chi connectivity index (χ2v) is 9.50. The lowest BCUT2D eigenvalue weighted by Crippen LogP contribution is -2.39. The minimum absolute atomic E-state index is 0.0781. The molecule has 1 amide bonds. The summed E-state index contributed by atoms with van der Waals surface area (Å²) < 4.78 is 32.9. The van der Waals surface area contributed by atoms with Crippen LogP contribution >= 0.6 is 0 Å². The number of nitrogens with zero attached hydrogens (tertiary/aromatic N) is 2. The van der Waals surface area contributed by atoms with Crippen molar-refractivity contribution in [2.24, 2.45) is 5.10 Å². The molecule has 0 aliphatic rings. The lowest BCUT2D eigenvalue weighted by atomic mass is 10.0.